The normalized spacial score (nSPS) is 10.4. The Balaban J connectivity index is 2.01. The summed E-state index contributed by atoms with van der Waals surface area (Å²) < 4.78 is 5.13. The fourth-order valence-electron chi connectivity index (χ4n) is 1.83. The fourth-order valence-corrected chi connectivity index (χ4v) is 1.83. The third-order valence-electron chi connectivity index (χ3n) is 2.89. The molecule has 0 spiro atoms. The first-order chi connectivity index (χ1) is 9.63. The van der Waals surface area contributed by atoms with Crippen LogP contribution < -0.4 is 10.1 Å². The average molecular weight is 276 g/mol. The van der Waals surface area contributed by atoms with Crippen LogP contribution in [-0.2, 0) is 13.1 Å². The zero-order valence-corrected chi connectivity index (χ0v) is 11.0. The standard InChI is InChI=1S/C14H16N2O4/c1-20-14-10(3-2-6-16-14)8-15-7-9-4-5-11(17)13(19)12(9)18/h2-6,15,17-19H,7-8H2,1H3. The summed E-state index contributed by atoms with van der Waals surface area (Å²) in [6.45, 7) is 0.829. The molecule has 0 atom stereocenters. The van der Waals surface area contributed by atoms with E-state index in [2.05, 4.69) is 10.3 Å². The summed E-state index contributed by atoms with van der Waals surface area (Å²) in [5.74, 6) is -0.642. The topological polar surface area (TPSA) is 94.8 Å². The maximum Gasteiger partial charge on any atom is 0.217 e. The van der Waals surface area contributed by atoms with Crippen LogP contribution in [0.15, 0.2) is 30.5 Å². The van der Waals surface area contributed by atoms with E-state index in [0.29, 0.717) is 24.5 Å². The van der Waals surface area contributed by atoms with Crippen molar-refractivity contribution in [2.24, 2.45) is 0 Å². The Hall–Kier alpha value is -2.47. The number of hydrogen-bond acceptors (Lipinski definition) is 6. The van der Waals surface area contributed by atoms with Gasteiger partial charge in [-0.3, -0.25) is 0 Å². The van der Waals surface area contributed by atoms with Crippen molar-refractivity contribution in [3.05, 3.63) is 41.6 Å². The average Bonchev–Trinajstić information content (AvgIpc) is 2.47. The van der Waals surface area contributed by atoms with Crippen molar-refractivity contribution in [1.82, 2.24) is 10.3 Å². The first-order valence-electron chi connectivity index (χ1n) is 6.05. The highest BCUT2D eigenvalue weighted by atomic mass is 16.5. The predicted molar refractivity (Wildman–Crippen MR) is 72.8 cm³/mol. The van der Waals surface area contributed by atoms with Crippen LogP contribution in [0.4, 0.5) is 0 Å². The van der Waals surface area contributed by atoms with Crippen molar-refractivity contribution in [3.63, 3.8) is 0 Å². The Morgan fingerprint density at radius 3 is 2.55 bits per heavy atom. The molecule has 0 aliphatic rings. The molecule has 2 aromatic rings. The second kappa shape index (κ2) is 6.12. The molecule has 0 saturated carbocycles. The molecular formula is C14H16N2O4. The van der Waals surface area contributed by atoms with Gasteiger partial charge >= 0.3 is 0 Å². The first-order valence-corrected chi connectivity index (χ1v) is 6.05. The van der Waals surface area contributed by atoms with E-state index >= 15 is 0 Å². The van der Waals surface area contributed by atoms with Gasteiger partial charge < -0.3 is 25.4 Å². The molecule has 0 saturated heterocycles. The van der Waals surface area contributed by atoms with Gasteiger partial charge in [0.15, 0.2) is 11.5 Å². The van der Waals surface area contributed by atoms with Crippen LogP contribution in [-0.4, -0.2) is 27.4 Å². The second-order valence-electron chi connectivity index (χ2n) is 4.22. The number of aromatic nitrogens is 1. The zero-order valence-electron chi connectivity index (χ0n) is 11.0. The summed E-state index contributed by atoms with van der Waals surface area (Å²) in [6.07, 6.45) is 1.65. The van der Waals surface area contributed by atoms with E-state index in [4.69, 9.17) is 4.74 Å². The van der Waals surface area contributed by atoms with Crippen LogP contribution in [0.5, 0.6) is 23.1 Å². The van der Waals surface area contributed by atoms with Gasteiger partial charge in [0.1, 0.15) is 0 Å². The van der Waals surface area contributed by atoms with Gasteiger partial charge in [-0.25, -0.2) is 4.98 Å². The molecule has 4 N–H and O–H groups in total. The van der Waals surface area contributed by atoms with Crippen molar-refractivity contribution in [2.75, 3.05) is 7.11 Å². The molecule has 0 aliphatic carbocycles. The largest absolute Gasteiger partial charge is 0.504 e. The smallest absolute Gasteiger partial charge is 0.217 e. The van der Waals surface area contributed by atoms with Crippen molar-refractivity contribution >= 4 is 0 Å². The summed E-state index contributed by atoms with van der Waals surface area (Å²) in [5, 5.41) is 31.5. The van der Waals surface area contributed by atoms with Crippen LogP contribution in [0.25, 0.3) is 0 Å². The highest BCUT2D eigenvalue weighted by molar-refractivity contribution is 5.53. The molecule has 0 radical (unpaired) electrons. The molecule has 0 bridgehead atoms. The Morgan fingerprint density at radius 2 is 1.80 bits per heavy atom. The summed E-state index contributed by atoms with van der Waals surface area (Å²) in [4.78, 5) is 4.08. The SMILES string of the molecule is COc1ncccc1CNCc1ccc(O)c(O)c1O. The van der Waals surface area contributed by atoms with Gasteiger partial charge in [-0.15, -0.1) is 0 Å². The lowest BCUT2D eigenvalue weighted by atomic mass is 10.1. The quantitative estimate of drug-likeness (QED) is 0.618. The van der Waals surface area contributed by atoms with E-state index in [1.165, 1.54) is 12.1 Å². The molecule has 1 aromatic carbocycles. The number of methoxy groups -OCH3 is 1. The Morgan fingerprint density at radius 1 is 1.05 bits per heavy atom. The number of rotatable bonds is 5. The van der Waals surface area contributed by atoms with Gasteiger partial charge in [0.2, 0.25) is 11.6 Å². The number of benzene rings is 1. The lowest BCUT2D eigenvalue weighted by Crippen LogP contribution is -2.13. The predicted octanol–water partition coefficient (Wildman–Crippen LogP) is 1.50. The molecule has 0 aliphatic heterocycles. The molecule has 2 rings (SSSR count). The van der Waals surface area contributed by atoms with Crippen LogP contribution in [0.2, 0.25) is 0 Å². The third-order valence-corrected chi connectivity index (χ3v) is 2.89. The number of aromatic hydroxyl groups is 3. The zero-order chi connectivity index (χ0) is 14.5. The van der Waals surface area contributed by atoms with Crippen molar-refractivity contribution in [3.8, 4) is 23.1 Å². The number of phenols is 3. The van der Waals surface area contributed by atoms with E-state index in [1.807, 2.05) is 12.1 Å². The van der Waals surface area contributed by atoms with Gasteiger partial charge in [-0.05, 0) is 12.1 Å². The minimum Gasteiger partial charge on any atom is -0.504 e. The molecule has 106 valence electrons. The maximum absolute atomic E-state index is 9.69. The third kappa shape index (κ3) is 2.92. The highest BCUT2D eigenvalue weighted by Crippen LogP contribution is 2.36. The number of pyridine rings is 1. The summed E-state index contributed by atoms with van der Waals surface area (Å²) in [6, 6.07) is 6.56. The number of phenolic OH excluding ortho intramolecular Hbond substituents is 3. The van der Waals surface area contributed by atoms with E-state index in [0.717, 1.165) is 5.56 Å². The van der Waals surface area contributed by atoms with E-state index in [-0.39, 0.29) is 11.5 Å². The minimum atomic E-state index is -0.511. The molecule has 0 amide bonds. The van der Waals surface area contributed by atoms with Gasteiger partial charge in [0.05, 0.1) is 7.11 Å². The van der Waals surface area contributed by atoms with Crippen LogP contribution in [0.3, 0.4) is 0 Å². The number of nitrogens with zero attached hydrogens (tertiary/aromatic N) is 1. The Labute approximate surface area is 116 Å². The monoisotopic (exact) mass is 276 g/mol. The van der Waals surface area contributed by atoms with Gasteiger partial charge in [0, 0.05) is 30.4 Å². The minimum absolute atomic E-state index is 0.323. The van der Waals surface area contributed by atoms with E-state index < -0.39 is 5.75 Å². The molecule has 0 unspecified atom stereocenters. The van der Waals surface area contributed by atoms with Gasteiger partial charge in [-0.1, -0.05) is 12.1 Å². The molecule has 1 heterocycles. The van der Waals surface area contributed by atoms with Crippen molar-refractivity contribution in [1.29, 1.82) is 0 Å². The van der Waals surface area contributed by atoms with Gasteiger partial charge in [-0.2, -0.15) is 0 Å². The molecule has 20 heavy (non-hydrogen) atoms. The number of ether oxygens (including phenoxy) is 1. The Kier molecular flexibility index (Phi) is 4.27. The second-order valence-corrected chi connectivity index (χ2v) is 4.22. The summed E-state index contributed by atoms with van der Waals surface area (Å²) in [5.41, 5.74) is 1.38. The molecule has 6 heteroatoms. The molecule has 0 fully saturated rings. The summed E-state index contributed by atoms with van der Waals surface area (Å²) >= 11 is 0. The molecule has 1 aromatic heterocycles. The Bertz CT molecular complexity index is 602. The van der Waals surface area contributed by atoms with E-state index in [9.17, 15) is 15.3 Å². The van der Waals surface area contributed by atoms with E-state index in [1.54, 1.807) is 13.3 Å². The lowest BCUT2D eigenvalue weighted by Gasteiger charge is -2.10. The highest BCUT2D eigenvalue weighted by Gasteiger charge is 2.11. The number of hydrogen-bond donors (Lipinski definition) is 4. The molecule has 6 nitrogen and oxygen atoms in total. The maximum atomic E-state index is 9.69. The van der Waals surface area contributed by atoms with Crippen molar-refractivity contribution < 1.29 is 20.1 Å². The fraction of sp³-hybridized carbons (Fsp3) is 0.214. The van der Waals surface area contributed by atoms with Gasteiger partial charge in [0.25, 0.3) is 0 Å². The van der Waals surface area contributed by atoms with Crippen LogP contribution in [0, 0.1) is 0 Å². The molecular weight excluding hydrogens is 260 g/mol. The first kappa shape index (κ1) is 14.0. The van der Waals surface area contributed by atoms with Crippen molar-refractivity contribution in [2.45, 2.75) is 13.1 Å². The summed E-state index contributed by atoms with van der Waals surface area (Å²) in [7, 11) is 1.55. The van der Waals surface area contributed by atoms with Crippen LogP contribution >= 0.6 is 0 Å². The number of nitrogens with one attached hydrogen (secondary N) is 1. The lowest BCUT2D eigenvalue weighted by molar-refractivity contribution is 0.364. The van der Waals surface area contributed by atoms with Crippen LogP contribution in [0.1, 0.15) is 11.1 Å².